The van der Waals surface area contributed by atoms with E-state index >= 15 is 0 Å². The Morgan fingerprint density at radius 2 is 1.71 bits per heavy atom. The molecule has 4 heterocycles. The smallest absolute Gasteiger partial charge is 0.318 e. The van der Waals surface area contributed by atoms with Gasteiger partial charge in [0.15, 0.2) is 25.6 Å². The van der Waals surface area contributed by atoms with Crippen LogP contribution in [0.2, 0.25) is 18.1 Å². The van der Waals surface area contributed by atoms with Gasteiger partial charge in [0.25, 0.3) is 0 Å². The molecule has 35 heavy (non-hydrogen) atoms. The van der Waals surface area contributed by atoms with E-state index in [1.165, 1.54) is 0 Å². The highest BCUT2D eigenvalue weighted by molar-refractivity contribution is 6.73. The Morgan fingerprint density at radius 3 is 2.37 bits per heavy atom. The molecule has 5 aliphatic rings. The highest BCUT2D eigenvalue weighted by atomic mass is 28.4. The summed E-state index contributed by atoms with van der Waals surface area (Å²) in [5, 5.41) is 0. The molecule has 1 aromatic carbocycles. The van der Waals surface area contributed by atoms with Gasteiger partial charge < -0.3 is 32.8 Å². The molecule has 192 valence electrons. The Labute approximate surface area is 207 Å². The maximum Gasteiger partial charge on any atom is 0.318 e. The first-order valence-electron chi connectivity index (χ1n) is 13.1. The van der Waals surface area contributed by atoms with E-state index in [1.54, 1.807) is 0 Å². The average Bonchev–Trinajstić information content (AvgIpc) is 3.63. The fraction of sp³-hybridized carbons (Fsp3) is 0.731. The van der Waals surface area contributed by atoms with Crippen LogP contribution in [0.3, 0.4) is 0 Å². The largest absolute Gasteiger partial charge is 0.465 e. The van der Waals surface area contributed by atoms with Gasteiger partial charge in [-0.2, -0.15) is 0 Å². The molecule has 4 aliphatic heterocycles. The van der Waals surface area contributed by atoms with E-state index in [4.69, 9.17) is 32.8 Å². The zero-order chi connectivity index (χ0) is 24.5. The summed E-state index contributed by atoms with van der Waals surface area (Å²) in [5.41, 5.74) is 0.0396. The van der Waals surface area contributed by atoms with E-state index in [-0.39, 0.29) is 18.9 Å². The fourth-order valence-electron chi connectivity index (χ4n) is 7.29. The van der Waals surface area contributed by atoms with Crippen molar-refractivity contribution in [3.8, 4) is 11.5 Å². The Hall–Kier alpha value is -1.65. The highest BCUT2D eigenvalue weighted by Crippen LogP contribution is 2.73. The van der Waals surface area contributed by atoms with E-state index in [2.05, 4.69) is 20.8 Å². The molecule has 0 N–H and O–H groups in total. The summed E-state index contributed by atoms with van der Waals surface area (Å²) in [6.45, 7) is 10.0. The van der Waals surface area contributed by atoms with Crippen LogP contribution in [0.5, 0.6) is 11.5 Å². The lowest BCUT2D eigenvalue weighted by molar-refractivity contribution is -0.274. The maximum atomic E-state index is 14.1. The minimum atomic E-state index is -2.11. The molecule has 1 saturated carbocycles. The molecule has 0 amide bonds. The van der Waals surface area contributed by atoms with Gasteiger partial charge in [-0.05, 0) is 54.7 Å². The Bertz CT molecular complexity index is 1010. The van der Waals surface area contributed by atoms with E-state index < -0.39 is 31.2 Å². The van der Waals surface area contributed by atoms with E-state index in [0.717, 1.165) is 35.0 Å². The van der Waals surface area contributed by atoms with Gasteiger partial charge in [0.2, 0.25) is 6.79 Å². The number of ether oxygens (including phenoxy) is 6. The second kappa shape index (κ2) is 8.18. The van der Waals surface area contributed by atoms with Crippen LogP contribution in [0.1, 0.15) is 64.2 Å². The molecule has 6 rings (SSSR count). The predicted molar refractivity (Wildman–Crippen MR) is 128 cm³/mol. The first-order valence-corrected chi connectivity index (χ1v) is 15.7. The third-order valence-corrected chi connectivity index (χ3v) is 13.9. The third-order valence-electron chi connectivity index (χ3n) is 9.24. The fourth-order valence-corrected chi connectivity index (χ4v) is 10.2. The zero-order valence-corrected chi connectivity index (χ0v) is 22.1. The molecule has 0 aromatic heterocycles. The lowest BCUT2D eigenvalue weighted by Crippen LogP contribution is -2.67. The second-order valence-electron chi connectivity index (χ2n) is 10.5. The number of benzene rings is 1. The number of hydrogen-bond acceptors (Lipinski definition) is 8. The Kier molecular flexibility index (Phi) is 5.54. The molecular weight excluding hydrogens is 468 g/mol. The minimum absolute atomic E-state index is 0.194. The van der Waals surface area contributed by atoms with Crippen molar-refractivity contribution in [3.63, 3.8) is 0 Å². The number of carbonyl (C=O) groups excluding carboxylic acids is 1. The third kappa shape index (κ3) is 3.08. The summed E-state index contributed by atoms with van der Waals surface area (Å²) in [4.78, 5) is 14.1. The average molecular weight is 505 g/mol. The van der Waals surface area contributed by atoms with E-state index in [0.29, 0.717) is 44.8 Å². The molecule has 4 atom stereocenters. The van der Waals surface area contributed by atoms with Gasteiger partial charge in [0, 0.05) is 12.8 Å². The molecular formula is C26H36O8Si. The number of fused-ring (bicyclic) bond motifs is 4. The zero-order valence-electron chi connectivity index (χ0n) is 21.1. The second-order valence-corrected chi connectivity index (χ2v) is 15.2. The first kappa shape index (κ1) is 23.7. The van der Waals surface area contributed by atoms with Gasteiger partial charge in [0.05, 0.1) is 32.0 Å². The molecule has 0 unspecified atom stereocenters. The summed E-state index contributed by atoms with van der Waals surface area (Å²) in [5.74, 6) is 0.300. The number of rotatable bonds is 7. The van der Waals surface area contributed by atoms with Gasteiger partial charge in [-0.3, -0.25) is 4.79 Å². The first-order chi connectivity index (χ1) is 16.9. The van der Waals surface area contributed by atoms with Crippen molar-refractivity contribution >= 4 is 14.3 Å². The van der Waals surface area contributed by atoms with Crippen LogP contribution in [0.25, 0.3) is 0 Å². The van der Waals surface area contributed by atoms with Crippen molar-refractivity contribution in [2.45, 2.75) is 88.7 Å². The van der Waals surface area contributed by atoms with Crippen LogP contribution in [0, 0.1) is 5.41 Å². The molecule has 3 fully saturated rings. The summed E-state index contributed by atoms with van der Waals surface area (Å²) in [6, 6.07) is 6.97. The topological polar surface area (TPSA) is 81.7 Å². The van der Waals surface area contributed by atoms with Gasteiger partial charge in [-0.1, -0.05) is 20.8 Å². The van der Waals surface area contributed by atoms with Gasteiger partial charge >= 0.3 is 5.97 Å². The number of esters is 1. The van der Waals surface area contributed by atoms with Crippen molar-refractivity contribution in [1.82, 2.24) is 0 Å². The molecule has 2 saturated heterocycles. The van der Waals surface area contributed by atoms with Crippen molar-refractivity contribution in [3.05, 3.63) is 23.3 Å². The predicted octanol–water partition coefficient (Wildman–Crippen LogP) is 4.56. The van der Waals surface area contributed by atoms with E-state index in [9.17, 15) is 4.79 Å². The summed E-state index contributed by atoms with van der Waals surface area (Å²) < 4.78 is 43.9. The summed E-state index contributed by atoms with van der Waals surface area (Å²) >= 11 is 0. The van der Waals surface area contributed by atoms with Crippen LogP contribution in [0.4, 0.5) is 0 Å². The monoisotopic (exact) mass is 504 g/mol. The number of hydrogen-bond donors (Lipinski definition) is 0. The van der Waals surface area contributed by atoms with Crippen LogP contribution in [-0.4, -0.2) is 52.8 Å². The van der Waals surface area contributed by atoms with Crippen LogP contribution in [0.15, 0.2) is 12.1 Å². The summed E-state index contributed by atoms with van der Waals surface area (Å²) in [6.07, 6.45) is 0.746. The molecule has 8 nitrogen and oxygen atoms in total. The van der Waals surface area contributed by atoms with Crippen molar-refractivity contribution in [1.29, 1.82) is 0 Å². The van der Waals surface area contributed by atoms with Crippen LogP contribution >= 0.6 is 0 Å². The van der Waals surface area contributed by atoms with Gasteiger partial charge in [0.1, 0.15) is 11.0 Å². The standard InChI is InChI=1S/C26H36O8Si/c1-5-28-23(27)25-13-21-17-11-19-20(30-16-29-19)12-18(17)26(25,33-21)15-24(31-9-10-32-24)14-22(25)34-35(6-2,7-3)8-4/h11-12,21-22H,5-10,13-16H2,1-4H3/t21-,22+,25+,26-/m1/s1. The lowest BCUT2D eigenvalue weighted by atomic mass is 9.54. The lowest BCUT2D eigenvalue weighted by Gasteiger charge is -2.56. The molecule has 0 radical (unpaired) electrons. The molecule has 9 heteroatoms. The van der Waals surface area contributed by atoms with E-state index in [1.807, 2.05) is 19.1 Å². The minimum Gasteiger partial charge on any atom is -0.465 e. The molecule has 2 bridgehead atoms. The Balaban J connectivity index is 1.55. The van der Waals surface area contributed by atoms with Gasteiger partial charge in [-0.25, -0.2) is 0 Å². The van der Waals surface area contributed by atoms with Gasteiger partial charge in [-0.15, -0.1) is 0 Å². The van der Waals surface area contributed by atoms with Crippen molar-refractivity contribution in [2.24, 2.45) is 5.41 Å². The van der Waals surface area contributed by atoms with Crippen LogP contribution < -0.4 is 9.47 Å². The normalized spacial score (nSPS) is 33.7. The maximum absolute atomic E-state index is 14.1. The quantitative estimate of drug-likeness (QED) is 0.395. The Morgan fingerprint density at radius 1 is 1.03 bits per heavy atom. The molecule has 2 spiro atoms. The molecule has 1 aromatic rings. The molecule has 1 aliphatic carbocycles. The highest BCUT2D eigenvalue weighted by Gasteiger charge is 2.78. The van der Waals surface area contributed by atoms with Crippen LogP contribution in [-0.2, 0) is 33.8 Å². The van der Waals surface area contributed by atoms with Crippen molar-refractivity contribution < 1.29 is 37.6 Å². The SMILES string of the molecule is CCOC(=O)[C@@]12C[C@H]3O[C@]1(CC1(C[C@@H]2O[Si](CC)(CC)CC)OCCO1)c1cc2c(cc13)OCO2. The number of carbonyl (C=O) groups is 1. The summed E-state index contributed by atoms with van der Waals surface area (Å²) in [7, 11) is -2.11. The van der Waals surface area contributed by atoms with Crippen molar-refractivity contribution in [2.75, 3.05) is 26.6 Å².